The summed E-state index contributed by atoms with van der Waals surface area (Å²) < 4.78 is 32.1. The molecule has 51 heavy (non-hydrogen) atoms. The van der Waals surface area contributed by atoms with Crippen molar-refractivity contribution in [1.82, 2.24) is 20.0 Å². The van der Waals surface area contributed by atoms with Crippen molar-refractivity contribution in [2.45, 2.75) is 44.2 Å². The van der Waals surface area contributed by atoms with Crippen molar-refractivity contribution in [3.63, 3.8) is 0 Å². The lowest BCUT2D eigenvalue weighted by Crippen LogP contribution is -2.55. The van der Waals surface area contributed by atoms with Gasteiger partial charge in [0, 0.05) is 39.8 Å². The SMILES string of the molecule is CNC(=S)N1CCc2cc(OC)c3c4c2[C@@H]1Cc1ccc(cc1)Oc1cc(ccc1OC)C[C@@]1(C)c2cc(c(cc2CCN1C(=S)N(C)C)O3)O4. The van der Waals surface area contributed by atoms with Gasteiger partial charge < -0.3 is 43.7 Å². The van der Waals surface area contributed by atoms with Crippen LogP contribution < -0.4 is 29.0 Å². The van der Waals surface area contributed by atoms with Gasteiger partial charge >= 0.3 is 0 Å². The third-order valence-electron chi connectivity index (χ3n) is 10.7. The maximum atomic E-state index is 7.07. The lowest BCUT2D eigenvalue weighted by Gasteiger charge is -2.49. The van der Waals surface area contributed by atoms with E-state index in [0.717, 1.165) is 64.6 Å². The Balaban J connectivity index is 1.37. The van der Waals surface area contributed by atoms with Gasteiger partial charge in [-0.2, -0.15) is 0 Å². The minimum Gasteiger partial charge on any atom is -0.493 e. The molecular formula is C40H42N4O5S2. The number of thiocarbonyl (C=S) groups is 2. The second-order valence-electron chi connectivity index (χ2n) is 13.9. The largest absolute Gasteiger partial charge is 0.493 e. The molecule has 5 heterocycles. The molecular weight excluding hydrogens is 681 g/mol. The minimum absolute atomic E-state index is 0.128. The first-order valence-corrected chi connectivity index (χ1v) is 18.1. The second kappa shape index (κ2) is 12.8. The smallest absolute Gasteiger partial charge is 0.212 e. The lowest BCUT2D eigenvalue weighted by atomic mass is 9.77. The van der Waals surface area contributed by atoms with Gasteiger partial charge in [0.05, 0.1) is 25.8 Å². The molecule has 0 fully saturated rings. The molecule has 9 nitrogen and oxygen atoms in total. The molecule has 4 aromatic carbocycles. The van der Waals surface area contributed by atoms with Crippen molar-refractivity contribution in [1.29, 1.82) is 0 Å². The van der Waals surface area contributed by atoms with E-state index in [1.54, 1.807) is 14.2 Å². The summed E-state index contributed by atoms with van der Waals surface area (Å²) in [5, 5.41) is 4.69. The van der Waals surface area contributed by atoms with Crippen LogP contribution in [0.4, 0.5) is 0 Å². The van der Waals surface area contributed by atoms with Crippen molar-refractivity contribution < 1.29 is 23.7 Å². The van der Waals surface area contributed by atoms with E-state index >= 15 is 0 Å². The Morgan fingerprint density at radius 1 is 0.824 bits per heavy atom. The highest BCUT2D eigenvalue weighted by Gasteiger charge is 2.43. The molecule has 7 bridgehead atoms. The summed E-state index contributed by atoms with van der Waals surface area (Å²) >= 11 is 12.0. The van der Waals surface area contributed by atoms with E-state index in [1.807, 2.05) is 44.2 Å². The fourth-order valence-corrected chi connectivity index (χ4v) is 8.67. The number of hydrogen-bond acceptors (Lipinski definition) is 7. The van der Waals surface area contributed by atoms with E-state index in [1.165, 1.54) is 5.56 Å². The van der Waals surface area contributed by atoms with Gasteiger partial charge in [-0.15, -0.1) is 0 Å². The molecule has 0 unspecified atom stereocenters. The van der Waals surface area contributed by atoms with Gasteiger partial charge in [-0.05, 0) is 127 Å². The van der Waals surface area contributed by atoms with E-state index < -0.39 is 5.54 Å². The highest BCUT2D eigenvalue weighted by molar-refractivity contribution is 7.80. The fraction of sp³-hybridized carbons (Fsp3) is 0.350. The molecule has 5 aliphatic heterocycles. The zero-order valence-electron chi connectivity index (χ0n) is 29.8. The number of benzene rings is 4. The maximum Gasteiger partial charge on any atom is 0.212 e. The predicted molar refractivity (Wildman–Crippen MR) is 205 cm³/mol. The Morgan fingerprint density at radius 3 is 2.25 bits per heavy atom. The summed E-state index contributed by atoms with van der Waals surface area (Å²) in [6.45, 7) is 3.77. The van der Waals surface area contributed by atoms with Crippen molar-refractivity contribution in [3.8, 4) is 46.0 Å². The summed E-state index contributed by atoms with van der Waals surface area (Å²) in [6.07, 6.45) is 2.92. The molecule has 264 valence electrons. The molecule has 4 aromatic rings. The molecule has 0 spiro atoms. The van der Waals surface area contributed by atoms with Crippen molar-refractivity contribution in [2.75, 3.05) is 48.5 Å². The molecule has 0 aliphatic carbocycles. The summed E-state index contributed by atoms with van der Waals surface area (Å²) in [5.41, 5.74) is 6.24. The Bertz CT molecular complexity index is 2070. The average molecular weight is 723 g/mol. The molecule has 0 aromatic heterocycles. The number of nitrogens with zero attached hydrogens (tertiary/aromatic N) is 3. The van der Waals surface area contributed by atoms with E-state index in [0.29, 0.717) is 58.2 Å². The molecule has 2 atom stereocenters. The Labute approximate surface area is 310 Å². The summed E-state index contributed by atoms with van der Waals surface area (Å²) in [4.78, 5) is 6.61. The quantitative estimate of drug-likeness (QED) is 0.184. The first kappa shape index (κ1) is 33.4. The summed E-state index contributed by atoms with van der Waals surface area (Å²) in [7, 11) is 9.23. The zero-order chi connectivity index (χ0) is 35.6. The van der Waals surface area contributed by atoms with Gasteiger partial charge in [-0.1, -0.05) is 18.2 Å². The molecule has 0 radical (unpaired) electrons. The highest BCUT2D eigenvalue weighted by Crippen LogP contribution is 2.57. The van der Waals surface area contributed by atoms with E-state index in [9.17, 15) is 0 Å². The van der Waals surface area contributed by atoms with Crippen LogP contribution in [0, 0.1) is 0 Å². The number of nitrogens with one attached hydrogen (secondary N) is 1. The average Bonchev–Trinajstić information content (AvgIpc) is 3.13. The molecule has 9 rings (SSSR count). The van der Waals surface area contributed by atoms with E-state index in [2.05, 4.69) is 64.5 Å². The van der Waals surface area contributed by atoms with Crippen LogP contribution in [0.5, 0.6) is 46.0 Å². The summed E-state index contributed by atoms with van der Waals surface area (Å²) in [5.74, 6) is 5.30. The van der Waals surface area contributed by atoms with Crippen LogP contribution in [0.3, 0.4) is 0 Å². The van der Waals surface area contributed by atoms with Gasteiger partial charge in [-0.25, -0.2) is 0 Å². The van der Waals surface area contributed by atoms with Crippen LogP contribution in [0.2, 0.25) is 0 Å². The van der Waals surface area contributed by atoms with Crippen LogP contribution in [0.25, 0.3) is 0 Å². The number of fused-ring (bicyclic) bond motifs is 2. The van der Waals surface area contributed by atoms with Crippen LogP contribution in [-0.2, 0) is 31.2 Å². The molecule has 11 heteroatoms. The van der Waals surface area contributed by atoms with Crippen molar-refractivity contribution in [3.05, 3.63) is 94.0 Å². The summed E-state index contributed by atoms with van der Waals surface area (Å²) in [6, 6.07) is 20.7. The van der Waals surface area contributed by atoms with Crippen molar-refractivity contribution >= 4 is 34.7 Å². The zero-order valence-corrected chi connectivity index (χ0v) is 31.4. The predicted octanol–water partition coefficient (Wildman–Crippen LogP) is 7.52. The van der Waals surface area contributed by atoms with Gasteiger partial charge in [0.2, 0.25) is 5.75 Å². The second-order valence-corrected chi connectivity index (χ2v) is 14.7. The lowest BCUT2D eigenvalue weighted by molar-refractivity contribution is 0.163. The maximum absolute atomic E-state index is 7.07. The number of methoxy groups -OCH3 is 2. The standard InChI is InChI=1S/C40H42N4O5S2/c1-40-22-24-9-12-30(45-5)31(18-24)47-27-10-7-23(8-11-27)17-29-35-26(13-15-43(29)38(50)41-2)20-34(46-6)36-37(35)49-33-21-28(40)25(19-32(33)48-36)14-16-44(40)39(51)42(3)4/h7-12,18-21,29H,13-17,22H2,1-6H3,(H,41,50)/t29-,40-/m0/s1. The normalized spacial score (nSPS) is 19.5. The van der Waals surface area contributed by atoms with Crippen LogP contribution in [0.1, 0.15) is 46.3 Å². The van der Waals surface area contributed by atoms with Crippen molar-refractivity contribution in [2.24, 2.45) is 0 Å². The molecule has 0 saturated heterocycles. The first-order valence-electron chi connectivity index (χ1n) is 17.3. The molecule has 5 aliphatic rings. The number of hydrogen-bond donors (Lipinski definition) is 1. The van der Waals surface area contributed by atoms with Gasteiger partial charge in [0.15, 0.2) is 44.7 Å². The third kappa shape index (κ3) is 5.57. The van der Waals surface area contributed by atoms with Gasteiger partial charge in [0.1, 0.15) is 5.75 Å². The Morgan fingerprint density at radius 2 is 1.53 bits per heavy atom. The van der Waals surface area contributed by atoms with Crippen LogP contribution >= 0.6 is 24.4 Å². The highest BCUT2D eigenvalue weighted by atomic mass is 32.1. The topological polar surface area (TPSA) is 67.9 Å². The monoisotopic (exact) mass is 722 g/mol. The minimum atomic E-state index is -0.529. The van der Waals surface area contributed by atoms with Crippen LogP contribution in [-0.4, -0.2) is 73.4 Å². The number of rotatable bonds is 2. The van der Waals surface area contributed by atoms with Gasteiger partial charge in [0.25, 0.3) is 0 Å². The first-order chi connectivity index (χ1) is 24.6. The van der Waals surface area contributed by atoms with E-state index in [4.69, 9.17) is 48.1 Å². The number of ether oxygens (including phenoxy) is 5. The van der Waals surface area contributed by atoms with E-state index in [-0.39, 0.29) is 6.04 Å². The van der Waals surface area contributed by atoms with Gasteiger partial charge in [-0.3, -0.25) is 0 Å². The Hall–Kier alpha value is -4.74. The third-order valence-corrected chi connectivity index (χ3v) is 11.7. The molecule has 0 amide bonds. The van der Waals surface area contributed by atoms with Crippen LogP contribution in [0.15, 0.2) is 60.7 Å². The molecule has 1 N–H and O–H groups in total. The Kier molecular flexibility index (Phi) is 8.38. The molecule has 0 saturated carbocycles. The fourth-order valence-electron chi connectivity index (χ4n) is 8.16.